The van der Waals surface area contributed by atoms with Crippen molar-refractivity contribution >= 4 is 22.5 Å². The Hall–Kier alpha value is -3.22. The zero-order chi connectivity index (χ0) is 18.4. The van der Waals surface area contributed by atoms with Crippen molar-refractivity contribution in [1.29, 1.82) is 5.26 Å². The molecule has 3 rings (SSSR count). The fourth-order valence-electron chi connectivity index (χ4n) is 2.30. The minimum atomic E-state index is -0.0704. The molecule has 26 heavy (non-hydrogen) atoms. The summed E-state index contributed by atoms with van der Waals surface area (Å²) in [5.41, 5.74) is 9.30. The molecule has 132 valence electrons. The highest BCUT2D eigenvalue weighted by Gasteiger charge is 2.19. The Balaban J connectivity index is 2.07. The van der Waals surface area contributed by atoms with Gasteiger partial charge in [-0.1, -0.05) is 12.2 Å². The third-order valence-corrected chi connectivity index (χ3v) is 4.44. The molecule has 0 radical (unpaired) electrons. The Kier molecular flexibility index (Phi) is 5.58. The number of rotatable bonds is 6. The van der Waals surface area contributed by atoms with Crippen LogP contribution in [0.4, 0.5) is 0 Å². The van der Waals surface area contributed by atoms with Gasteiger partial charge in [-0.3, -0.25) is 0 Å². The van der Waals surface area contributed by atoms with Crippen molar-refractivity contribution in [2.24, 2.45) is 16.7 Å². The molecule has 5 N–H and O–H groups in total. The van der Waals surface area contributed by atoms with Gasteiger partial charge in [0.1, 0.15) is 24.0 Å². The average molecular weight is 368 g/mol. The van der Waals surface area contributed by atoms with E-state index in [2.05, 4.69) is 27.8 Å². The van der Waals surface area contributed by atoms with E-state index in [0.29, 0.717) is 17.0 Å². The number of amidine groups is 1. The highest BCUT2D eigenvalue weighted by Crippen LogP contribution is 2.36. The lowest BCUT2D eigenvalue weighted by molar-refractivity contribution is 0.358. The number of hydrogen-bond donors (Lipinski definition) is 3. The second kappa shape index (κ2) is 8.24. The van der Waals surface area contributed by atoms with E-state index in [1.807, 2.05) is 18.2 Å². The van der Waals surface area contributed by atoms with Crippen molar-refractivity contribution in [3.63, 3.8) is 0 Å². The Morgan fingerprint density at radius 3 is 3.08 bits per heavy atom. The molecule has 0 aliphatic carbocycles. The van der Waals surface area contributed by atoms with Crippen molar-refractivity contribution in [3.8, 4) is 23.3 Å². The van der Waals surface area contributed by atoms with Crippen LogP contribution in [0.15, 0.2) is 52.2 Å². The van der Waals surface area contributed by atoms with Crippen LogP contribution in [-0.4, -0.2) is 23.2 Å². The number of aromatic nitrogens is 1. The zero-order valence-corrected chi connectivity index (χ0v) is 14.5. The van der Waals surface area contributed by atoms with Gasteiger partial charge in [-0.15, -0.1) is 16.9 Å². The van der Waals surface area contributed by atoms with E-state index in [9.17, 15) is 5.26 Å². The third-order valence-electron chi connectivity index (χ3n) is 3.42. The fraction of sp³-hybridized carbons (Fsp3) is 0.118. The van der Waals surface area contributed by atoms with E-state index >= 15 is 0 Å². The summed E-state index contributed by atoms with van der Waals surface area (Å²) in [5, 5.41) is 13.3. The van der Waals surface area contributed by atoms with Gasteiger partial charge in [0.05, 0.1) is 12.0 Å². The van der Waals surface area contributed by atoms with Gasteiger partial charge in [0.15, 0.2) is 5.84 Å². The number of furan rings is 1. The average Bonchev–Trinajstić information content (AvgIpc) is 3.21. The second-order valence-electron chi connectivity index (χ2n) is 5.12. The number of hydrogen-bond acceptors (Lipinski definition) is 8. The van der Waals surface area contributed by atoms with Crippen LogP contribution in [-0.2, 0) is 0 Å². The summed E-state index contributed by atoms with van der Waals surface area (Å²) in [6.07, 6.45) is 7.54. The number of nitriles is 1. The molecule has 0 bridgehead atoms. The first-order chi connectivity index (χ1) is 12.7. The maximum Gasteiger partial charge on any atom is 0.233 e. The molecule has 0 aromatic carbocycles. The molecule has 2 aromatic rings. The second-order valence-corrected chi connectivity index (χ2v) is 6.18. The summed E-state index contributed by atoms with van der Waals surface area (Å²) in [4.78, 5) is 5.47. The van der Waals surface area contributed by atoms with Gasteiger partial charge >= 0.3 is 0 Å². The topological polar surface area (TPSA) is 135 Å². The van der Waals surface area contributed by atoms with Crippen molar-refractivity contribution in [1.82, 2.24) is 10.5 Å². The highest BCUT2D eigenvalue weighted by molar-refractivity contribution is 8.08. The number of hydrazine groups is 1. The summed E-state index contributed by atoms with van der Waals surface area (Å²) in [7, 11) is 0. The monoisotopic (exact) mass is 368 g/mol. The Labute approximate surface area is 154 Å². The van der Waals surface area contributed by atoms with Crippen molar-refractivity contribution in [3.05, 3.63) is 53.9 Å². The Bertz CT molecular complexity index is 912. The highest BCUT2D eigenvalue weighted by atomic mass is 32.2. The SMILES string of the molecule is N#Cc1c(-c2ccco2)cc(C2=CC=CCS2)nc1OC/C(N)=N/NN. The van der Waals surface area contributed by atoms with E-state index in [-0.39, 0.29) is 23.9 Å². The van der Waals surface area contributed by atoms with Crippen LogP contribution >= 0.6 is 11.8 Å². The minimum absolute atomic E-state index is 0.0704. The summed E-state index contributed by atoms with van der Waals surface area (Å²) in [6, 6.07) is 7.48. The lowest BCUT2D eigenvalue weighted by atomic mass is 10.1. The normalized spacial score (nSPS) is 13.8. The molecule has 8 nitrogen and oxygen atoms in total. The molecule has 0 amide bonds. The first-order valence-electron chi connectivity index (χ1n) is 7.62. The molecule has 0 fully saturated rings. The zero-order valence-electron chi connectivity index (χ0n) is 13.7. The fourth-order valence-corrected chi connectivity index (χ4v) is 3.11. The Morgan fingerprint density at radius 1 is 1.54 bits per heavy atom. The van der Waals surface area contributed by atoms with Crippen LogP contribution in [0.3, 0.4) is 0 Å². The summed E-state index contributed by atoms with van der Waals surface area (Å²) < 4.78 is 11.1. The number of hydrazone groups is 1. The molecule has 0 saturated carbocycles. The van der Waals surface area contributed by atoms with E-state index in [4.69, 9.17) is 20.7 Å². The van der Waals surface area contributed by atoms with E-state index in [1.54, 1.807) is 30.2 Å². The van der Waals surface area contributed by atoms with Gasteiger partial charge in [0, 0.05) is 16.2 Å². The number of nitrogens with one attached hydrogen (secondary N) is 1. The van der Waals surface area contributed by atoms with Gasteiger partial charge < -0.3 is 14.9 Å². The number of pyridine rings is 1. The van der Waals surface area contributed by atoms with Crippen LogP contribution in [0, 0.1) is 11.3 Å². The summed E-state index contributed by atoms with van der Waals surface area (Å²) in [5.74, 6) is 6.77. The van der Waals surface area contributed by atoms with Crippen molar-refractivity contribution < 1.29 is 9.15 Å². The van der Waals surface area contributed by atoms with Crippen molar-refractivity contribution in [2.75, 3.05) is 12.4 Å². The van der Waals surface area contributed by atoms with Gasteiger partial charge in [-0.25, -0.2) is 16.4 Å². The van der Waals surface area contributed by atoms with Crippen molar-refractivity contribution in [2.45, 2.75) is 0 Å². The number of nitrogens with two attached hydrogens (primary N) is 2. The van der Waals surface area contributed by atoms with Crippen LogP contribution in [0.1, 0.15) is 11.3 Å². The van der Waals surface area contributed by atoms with Crippen LogP contribution < -0.4 is 21.8 Å². The van der Waals surface area contributed by atoms with Crippen LogP contribution in [0.5, 0.6) is 5.88 Å². The number of allylic oxidation sites excluding steroid dienone is 2. The first-order valence-corrected chi connectivity index (χ1v) is 8.61. The quantitative estimate of drug-likeness (QED) is 0.305. The summed E-state index contributed by atoms with van der Waals surface area (Å²) >= 11 is 1.64. The van der Waals surface area contributed by atoms with E-state index in [1.165, 1.54) is 0 Å². The molecule has 1 aliphatic heterocycles. The third kappa shape index (κ3) is 3.88. The van der Waals surface area contributed by atoms with Gasteiger partial charge in [0.2, 0.25) is 5.88 Å². The molecule has 0 saturated heterocycles. The maximum absolute atomic E-state index is 9.63. The first kappa shape index (κ1) is 17.6. The van der Waals surface area contributed by atoms with Gasteiger partial charge in [-0.05, 0) is 24.3 Å². The molecule has 3 heterocycles. The van der Waals surface area contributed by atoms with E-state index < -0.39 is 0 Å². The smallest absolute Gasteiger partial charge is 0.233 e. The molecular weight excluding hydrogens is 352 g/mol. The standard InChI is InChI=1S/C17H16N6O2S/c18-9-12-11(14-4-3-6-24-14)8-13(15-5-1-2-7-26-15)21-17(12)25-10-16(19)22-23-20/h1-6,8,23H,7,10,20H2,(H2,19,22). The molecular formula is C17H16N6O2S. The number of nitrogens with zero attached hydrogens (tertiary/aromatic N) is 3. The van der Waals surface area contributed by atoms with Crippen LogP contribution in [0.2, 0.25) is 0 Å². The minimum Gasteiger partial charge on any atom is -0.468 e. The maximum atomic E-state index is 9.63. The van der Waals surface area contributed by atoms with Crippen LogP contribution in [0.25, 0.3) is 16.2 Å². The number of thioether (sulfide) groups is 1. The predicted molar refractivity (Wildman–Crippen MR) is 101 cm³/mol. The largest absolute Gasteiger partial charge is 0.468 e. The predicted octanol–water partition coefficient (Wildman–Crippen LogP) is 1.97. The number of ether oxygens (including phenoxy) is 1. The lowest BCUT2D eigenvalue weighted by Gasteiger charge is -2.14. The Morgan fingerprint density at radius 2 is 2.42 bits per heavy atom. The molecule has 0 atom stereocenters. The molecule has 2 aromatic heterocycles. The van der Waals surface area contributed by atoms with Gasteiger partial charge in [-0.2, -0.15) is 5.26 Å². The van der Waals surface area contributed by atoms with E-state index in [0.717, 1.165) is 10.7 Å². The molecule has 0 unspecified atom stereocenters. The molecule has 9 heteroatoms. The van der Waals surface area contributed by atoms with Gasteiger partial charge in [0.25, 0.3) is 0 Å². The molecule has 1 aliphatic rings. The molecule has 0 spiro atoms. The lowest BCUT2D eigenvalue weighted by Crippen LogP contribution is -2.27. The summed E-state index contributed by atoms with van der Waals surface area (Å²) in [6.45, 7) is -0.0704.